The van der Waals surface area contributed by atoms with Gasteiger partial charge in [0.2, 0.25) is 5.95 Å². The Labute approximate surface area is 272 Å². The van der Waals surface area contributed by atoms with Crippen LogP contribution in [0.25, 0.3) is 22.4 Å². The highest BCUT2D eigenvalue weighted by Gasteiger charge is 2.34. The summed E-state index contributed by atoms with van der Waals surface area (Å²) in [5.41, 5.74) is 5.79. The fourth-order valence-electron chi connectivity index (χ4n) is 6.65. The zero-order chi connectivity index (χ0) is 32.0. The van der Waals surface area contributed by atoms with Crippen molar-refractivity contribution < 1.29 is 22.8 Å². The van der Waals surface area contributed by atoms with Crippen LogP contribution in [0.3, 0.4) is 0 Å². The Morgan fingerprint density at radius 3 is 2.54 bits per heavy atom. The van der Waals surface area contributed by atoms with Gasteiger partial charge in [-0.1, -0.05) is 61.7 Å². The van der Waals surface area contributed by atoms with E-state index in [1.807, 2.05) is 18.2 Å². The van der Waals surface area contributed by atoms with Crippen LogP contribution in [0.5, 0.6) is 0 Å². The number of amides is 1. The maximum Gasteiger partial charge on any atom is 0.427 e. The second-order valence-electron chi connectivity index (χ2n) is 12.5. The molecule has 2 atom stereocenters. The van der Waals surface area contributed by atoms with Crippen LogP contribution in [0.1, 0.15) is 56.2 Å². The molecule has 1 amide bonds. The number of anilines is 1. The minimum atomic E-state index is -3.59. The molecule has 4 aromatic rings. The maximum absolute atomic E-state index is 12.7. The third-order valence-electron chi connectivity index (χ3n) is 9.11. The van der Waals surface area contributed by atoms with E-state index in [-0.39, 0.29) is 21.8 Å². The molecule has 0 bridgehead atoms. The molecular weight excluding hydrogens is 630 g/mol. The van der Waals surface area contributed by atoms with Crippen molar-refractivity contribution >= 4 is 44.6 Å². The van der Waals surface area contributed by atoms with Crippen molar-refractivity contribution in [3.8, 4) is 11.3 Å². The molecule has 2 saturated heterocycles. The third-order valence-corrected chi connectivity index (χ3v) is 10.4. The third kappa shape index (κ3) is 6.16. The molecule has 2 aromatic heterocycles. The van der Waals surface area contributed by atoms with Crippen molar-refractivity contribution in [2.45, 2.75) is 56.3 Å². The Morgan fingerprint density at radius 2 is 1.83 bits per heavy atom. The van der Waals surface area contributed by atoms with Crippen molar-refractivity contribution in [2.24, 2.45) is 11.8 Å². The Hall–Kier alpha value is -3.78. The van der Waals surface area contributed by atoms with Crippen LogP contribution in [0.4, 0.5) is 10.7 Å². The predicted molar refractivity (Wildman–Crippen MR) is 173 cm³/mol. The highest BCUT2D eigenvalue weighted by molar-refractivity contribution is 7.90. The minimum absolute atomic E-state index is 0.0730. The van der Waals surface area contributed by atoms with Crippen LogP contribution in [0.2, 0.25) is 5.02 Å². The lowest BCUT2D eigenvalue weighted by Crippen LogP contribution is -2.41. The molecule has 14 heteroatoms. The number of sulfone groups is 1. The van der Waals surface area contributed by atoms with Gasteiger partial charge >= 0.3 is 6.09 Å². The largest absolute Gasteiger partial charge is 0.427 e. The number of nitrogens with zero attached hydrogens (tertiary/aromatic N) is 5. The van der Waals surface area contributed by atoms with E-state index in [2.05, 4.69) is 39.3 Å². The Morgan fingerprint density at radius 1 is 1.04 bits per heavy atom. The summed E-state index contributed by atoms with van der Waals surface area (Å²) in [6, 6.07) is 14.8. The topological polar surface area (TPSA) is 141 Å². The number of hydrogen-bond acceptors (Lipinski definition) is 10. The van der Waals surface area contributed by atoms with E-state index in [9.17, 15) is 13.2 Å². The van der Waals surface area contributed by atoms with Crippen molar-refractivity contribution in [2.75, 3.05) is 30.9 Å². The van der Waals surface area contributed by atoms with Crippen molar-refractivity contribution in [1.29, 1.82) is 0 Å². The van der Waals surface area contributed by atoms with E-state index in [0.29, 0.717) is 60.6 Å². The molecule has 3 fully saturated rings. The summed E-state index contributed by atoms with van der Waals surface area (Å²) in [7, 11) is -3.59. The molecule has 1 aliphatic carbocycles. The van der Waals surface area contributed by atoms with Gasteiger partial charge in [0.05, 0.1) is 24.2 Å². The van der Waals surface area contributed by atoms with Crippen LogP contribution in [-0.4, -0.2) is 60.0 Å². The average molecular weight is 666 g/mol. The first-order valence-corrected chi connectivity index (χ1v) is 17.8. The molecule has 0 radical (unpaired) electrons. The number of ether oxygens (including phenoxy) is 1. The molecule has 2 N–H and O–H groups in total. The first kappa shape index (κ1) is 30.9. The fraction of sp³-hybridized carbons (Fsp3) is 0.438. The summed E-state index contributed by atoms with van der Waals surface area (Å²) in [6.45, 7) is 4.65. The molecule has 2 aromatic carbocycles. The predicted octanol–water partition coefficient (Wildman–Crippen LogP) is 5.20. The summed E-state index contributed by atoms with van der Waals surface area (Å²) < 4.78 is 33.5. The molecule has 242 valence electrons. The van der Waals surface area contributed by atoms with Gasteiger partial charge in [0, 0.05) is 29.9 Å². The number of imidazole rings is 1. The zero-order valence-corrected chi connectivity index (χ0v) is 27.2. The number of hydrogen-bond donors (Lipinski definition) is 2. The van der Waals surface area contributed by atoms with Crippen LogP contribution in [0, 0.1) is 11.8 Å². The van der Waals surface area contributed by atoms with Crippen LogP contribution >= 0.6 is 11.6 Å². The van der Waals surface area contributed by atoms with E-state index in [1.54, 1.807) is 12.1 Å². The molecule has 46 heavy (non-hydrogen) atoms. The van der Waals surface area contributed by atoms with E-state index in [1.165, 1.54) is 6.07 Å². The van der Waals surface area contributed by atoms with Gasteiger partial charge in [-0.2, -0.15) is 4.98 Å². The number of aromatic nitrogens is 4. The molecular formula is C32H36ClN7O5S. The standard InChI is InChI=1S/C32H36ClN7O5S/c1-19-8-10-20(11-9-19)17-40-27-26(22-14-23(33)16-24(15-22)46(2,42)43)34-29(30-37-32(41)45-38-30)35-28(27)36-31(40)39-12-13-44-18-25(39)21-6-4-3-5-7-21/h3-7,14-16,19-20,25,30,38H,8-13,17-18H2,1-2H3,(H,37,41)/t19?,20?,25-,30?/m0/s1. The Kier molecular flexibility index (Phi) is 8.34. The fourth-order valence-corrected chi connectivity index (χ4v) is 7.63. The lowest BCUT2D eigenvalue weighted by molar-refractivity contribution is 0.0927. The highest BCUT2D eigenvalue weighted by atomic mass is 35.5. The number of hydroxylamine groups is 1. The van der Waals surface area contributed by atoms with Crippen LogP contribution in [-0.2, 0) is 26.0 Å². The quantitative estimate of drug-likeness (QED) is 0.271. The zero-order valence-electron chi connectivity index (χ0n) is 25.6. The lowest BCUT2D eigenvalue weighted by atomic mass is 9.83. The van der Waals surface area contributed by atoms with Gasteiger partial charge in [-0.15, -0.1) is 5.48 Å². The van der Waals surface area contributed by atoms with Gasteiger partial charge in [0.25, 0.3) is 0 Å². The summed E-state index contributed by atoms with van der Waals surface area (Å²) in [4.78, 5) is 34.2. The number of halogens is 1. The van der Waals surface area contributed by atoms with E-state index in [4.69, 9.17) is 36.1 Å². The minimum Gasteiger partial charge on any atom is -0.377 e. The second kappa shape index (κ2) is 12.4. The number of carbonyl (C=O) groups excluding carboxylic acids is 1. The van der Waals surface area contributed by atoms with Crippen LogP contribution < -0.4 is 15.7 Å². The Bertz CT molecular complexity index is 1880. The summed E-state index contributed by atoms with van der Waals surface area (Å²) in [6.07, 6.45) is 4.14. The van der Waals surface area contributed by atoms with E-state index >= 15 is 0 Å². The summed E-state index contributed by atoms with van der Waals surface area (Å²) in [5.74, 6) is 2.06. The Balaban J connectivity index is 1.46. The SMILES string of the molecule is CC1CCC(Cn2c(N3CCOC[C@H]3c3ccccc3)nc3nc(C4NOC(=O)N4)nc(-c4cc(Cl)cc(S(C)(=O)=O)c4)c32)CC1. The summed E-state index contributed by atoms with van der Waals surface area (Å²) in [5, 5.41) is 2.92. The van der Waals surface area contributed by atoms with Crippen LogP contribution in [0.15, 0.2) is 53.4 Å². The van der Waals surface area contributed by atoms with E-state index in [0.717, 1.165) is 43.5 Å². The van der Waals surface area contributed by atoms with Gasteiger partial charge < -0.3 is 19.0 Å². The normalized spacial score (nSPS) is 23.8. The average Bonchev–Trinajstić information content (AvgIpc) is 3.65. The molecule has 2 aliphatic heterocycles. The van der Waals surface area contributed by atoms with Crippen molar-refractivity contribution in [3.05, 3.63) is 64.9 Å². The monoisotopic (exact) mass is 665 g/mol. The molecule has 1 unspecified atom stereocenters. The molecule has 7 rings (SSSR count). The molecule has 1 saturated carbocycles. The van der Waals surface area contributed by atoms with Gasteiger partial charge in [0.15, 0.2) is 27.5 Å². The van der Waals surface area contributed by atoms with E-state index < -0.39 is 22.1 Å². The molecule has 0 spiro atoms. The number of rotatable bonds is 7. The van der Waals surface area contributed by atoms with Gasteiger partial charge in [-0.05, 0) is 48.4 Å². The van der Waals surface area contributed by atoms with Gasteiger partial charge in [0.1, 0.15) is 11.2 Å². The lowest BCUT2D eigenvalue weighted by Gasteiger charge is -2.37. The number of morpholine rings is 1. The smallest absolute Gasteiger partial charge is 0.377 e. The van der Waals surface area contributed by atoms with Crippen molar-refractivity contribution in [1.82, 2.24) is 30.3 Å². The second-order valence-corrected chi connectivity index (χ2v) is 14.9. The first-order chi connectivity index (χ1) is 22.1. The molecule has 3 aliphatic rings. The number of fused-ring (bicyclic) bond motifs is 1. The van der Waals surface area contributed by atoms with Gasteiger partial charge in [-0.3, -0.25) is 5.32 Å². The first-order valence-electron chi connectivity index (χ1n) is 15.6. The number of nitrogens with one attached hydrogen (secondary N) is 2. The molecule has 12 nitrogen and oxygen atoms in total. The van der Waals surface area contributed by atoms with Gasteiger partial charge in [-0.25, -0.2) is 23.2 Å². The summed E-state index contributed by atoms with van der Waals surface area (Å²) >= 11 is 6.52. The molecule has 4 heterocycles. The number of benzene rings is 2. The van der Waals surface area contributed by atoms with Crippen molar-refractivity contribution in [3.63, 3.8) is 0 Å². The number of carbonyl (C=O) groups is 1. The maximum atomic E-state index is 12.7. The highest BCUT2D eigenvalue weighted by Crippen LogP contribution is 2.39.